The lowest BCUT2D eigenvalue weighted by molar-refractivity contribution is 0.590. The molecule has 0 spiro atoms. The highest BCUT2D eigenvalue weighted by Crippen LogP contribution is 2.22. The third-order valence-electron chi connectivity index (χ3n) is 1.69. The van der Waals surface area contributed by atoms with Crippen LogP contribution >= 0.6 is 0 Å². The second kappa shape index (κ2) is 4.18. The molecule has 2 rings (SSSR count). The van der Waals surface area contributed by atoms with Crippen molar-refractivity contribution >= 4 is 16.6 Å². The molecule has 0 saturated heterocycles. The zero-order valence-electron chi connectivity index (χ0n) is 7.29. The molecule has 0 N–H and O–H groups in total. The molecule has 2 radical (unpaired) electrons. The Kier molecular flexibility index (Phi) is 2.73. The summed E-state index contributed by atoms with van der Waals surface area (Å²) in [5, 5.41) is 0. The Morgan fingerprint density at radius 3 is 2.43 bits per heavy atom. The lowest BCUT2D eigenvalue weighted by Gasteiger charge is -2.06. The van der Waals surface area contributed by atoms with Gasteiger partial charge in [0.2, 0.25) is 0 Å². The van der Waals surface area contributed by atoms with Gasteiger partial charge in [-0.1, -0.05) is 0 Å². The van der Waals surface area contributed by atoms with Gasteiger partial charge in [-0.25, -0.2) is 15.0 Å². The van der Waals surface area contributed by atoms with Gasteiger partial charge in [0.05, 0.1) is 5.56 Å². The highest BCUT2D eigenvalue weighted by Gasteiger charge is 2.06. The largest absolute Gasteiger partial charge is 0.639 e. The first-order valence-corrected chi connectivity index (χ1v) is 4.48. The number of pyridine rings is 1. The maximum Gasteiger partial charge on any atom is 0.483 e. The van der Waals surface area contributed by atoms with Crippen LogP contribution in [0.5, 0.6) is 5.88 Å². The maximum absolute atomic E-state index is 5.03. The van der Waals surface area contributed by atoms with Gasteiger partial charge in [-0.05, 0) is 18.2 Å². The molecule has 0 amide bonds. The van der Waals surface area contributed by atoms with E-state index in [2.05, 4.69) is 31.6 Å². The molecule has 4 nitrogen and oxygen atoms in total. The van der Waals surface area contributed by atoms with Crippen LogP contribution in [-0.4, -0.2) is 31.6 Å². The van der Waals surface area contributed by atoms with Crippen LogP contribution in [0, 0.1) is 0 Å². The average molecular weight is 199 g/mol. The first kappa shape index (κ1) is 9.13. The molecule has 14 heavy (non-hydrogen) atoms. The van der Waals surface area contributed by atoms with Gasteiger partial charge in [0, 0.05) is 18.6 Å². The van der Waals surface area contributed by atoms with Crippen LogP contribution in [0.2, 0.25) is 0 Å². The molecular weight excluding hydrogens is 193 g/mol. The molecule has 0 saturated carbocycles. The topological polar surface area (TPSA) is 47.9 Å². The molecule has 0 atom stereocenters. The molecule has 0 unspecified atom stereocenters. The monoisotopic (exact) mass is 199 g/mol. The van der Waals surface area contributed by atoms with Crippen LogP contribution in [0.15, 0.2) is 36.8 Å². The molecule has 5 heteroatoms. The molecule has 2 aromatic rings. The van der Waals surface area contributed by atoms with Gasteiger partial charge >= 0.3 is 16.6 Å². The molecule has 2 heterocycles. The fourth-order valence-electron chi connectivity index (χ4n) is 1.09. The minimum Gasteiger partial charge on any atom is -0.639 e. The maximum atomic E-state index is 5.03. The van der Waals surface area contributed by atoms with Crippen molar-refractivity contribution in [2.45, 2.75) is 0 Å². The Hall–Kier alpha value is -1.44. The summed E-state index contributed by atoms with van der Waals surface area (Å²) >= 11 is 2.16. The van der Waals surface area contributed by atoms with Gasteiger partial charge in [-0.2, -0.15) is 0 Å². The highest BCUT2D eigenvalue weighted by atomic mass is 27.1. The van der Waals surface area contributed by atoms with Crippen molar-refractivity contribution in [3.05, 3.63) is 36.8 Å². The van der Waals surface area contributed by atoms with E-state index in [9.17, 15) is 0 Å². The van der Waals surface area contributed by atoms with Crippen molar-refractivity contribution in [2.75, 3.05) is 0 Å². The first-order chi connectivity index (χ1) is 6.92. The smallest absolute Gasteiger partial charge is 0.483 e. The van der Waals surface area contributed by atoms with E-state index in [-0.39, 0.29) is 0 Å². The van der Waals surface area contributed by atoms with E-state index < -0.39 is 0 Å². The van der Waals surface area contributed by atoms with E-state index in [1.165, 1.54) is 0 Å². The fraction of sp³-hybridized carbons (Fsp3) is 0. The summed E-state index contributed by atoms with van der Waals surface area (Å²) in [6.45, 7) is 0. The van der Waals surface area contributed by atoms with Gasteiger partial charge in [-0.3, -0.25) is 0 Å². The minimum absolute atomic E-state index is 0.503. The first-order valence-electron chi connectivity index (χ1n) is 4.01. The van der Waals surface area contributed by atoms with Crippen LogP contribution in [-0.2, 0) is 0 Å². The van der Waals surface area contributed by atoms with Crippen molar-refractivity contribution in [1.29, 1.82) is 0 Å². The van der Waals surface area contributed by atoms with E-state index in [0.29, 0.717) is 11.7 Å². The summed E-state index contributed by atoms with van der Waals surface area (Å²) < 4.78 is 5.03. The molecule has 2 aromatic heterocycles. The third-order valence-corrected chi connectivity index (χ3v) is 1.91. The predicted octanol–water partition coefficient (Wildman–Crippen LogP) is 1.00. The van der Waals surface area contributed by atoms with Gasteiger partial charge < -0.3 is 3.79 Å². The average Bonchev–Trinajstić information content (AvgIpc) is 2.30. The van der Waals surface area contributed by atoms with Gasteiger partial charge in [0.15, 0.2) is 11.7 Å². The standard InChI is InChI=1S/C9H7N3O.Al/c13-9-7(3-1-4-12-9)8-10-5-2-6-11-8;/h1-6H,(H,12,13);/q;+1/p-1. The molecule has 66 valence electrons. The lowest BCUT2D eigenvalue weighted by atomic mass is 10.2. The Morgan fingerprint density at radius 2 is 1.71 bits per heavy atom. The zero-order valence-corrected chi connectivity index (χ0v) is 8.45. The molecule has 0 aliphatic heterocycles. The summed E-state index contributed by atoms with van der Waals surface area (Å²) in [6, 6.07) is 5.45. The molecule has 0 aliphatic carbocycles. The molecule has 0 aromatic carbocycles. The SMILES string of the molecule is [Al][O]c1ncccc1-c1ncccn1. The zero-order chi connectivity index (χ0) is 9.80. The Morgan fingerprint density at radius 1 is 1.00 bits per heavy atom. The van der Waals surface area contributed by atoms with Crippen molar-refractivity contribution in [1.82, 2.24) is 15.0 Å². The number of hydrogen-bond donors (Lipinski definition) is 0. The van der Waals surface area contributed by atoms with Gasteiger partial charge in [-0.15, -0.1) is 0 Å². The second-order valence-corrected chi connectivity index (χ2v) is 2.78. The Balaban J connectivity index is 2.51. The van der Waals surface area contributed by atoms with Crippen molar-refractivity contribution in [2.24, 2.45) is 0 Å². The van der Waals surface area contributed by atoms with E-state index in [1.807, 2.05) is 12.1 Å². The molecule has 0 bridgehead atoms. The fourth-order valence-corrected chi connectivity index (χ4v) is 1.28. The Bertz CT molecular complexity index is 421. The second-order valence-electron chi connectivity index (χ2n) is 2.55. The quantitative estimate of drug-likeness (QED) is 0.677. The van der Waals surface area contributed by atoms with Crippen LogP contribution in [0.25, 0.3) is 11.4 Å². The predicted molar refractivity (Wildman–Crippen MR) is 51.6 cm³/mol. The van der Waals surface area contributed by atoms with Gasteiger partial charge in [0.25, 0.3) is 0 Å². The summed E-state index contributed by atoms with van der Waals surface area (Å²) in [7, 11) is 0. The molecular formula is C9H6AlN3O. The van der Waals surface area contributed by atoms with Crippen LogP contribution in [0.3, 0.4) is 0 Å². The van der Waals surface area contributed by atoms with E-state index >= 15 is 0 Å². The van der Waals surface area contributed by atoms with E-state index in [4.69, 9.17) is 3.79 Å². The summed E-state index contributed by atoms with van der Waals surface area (Å²) in [4.78, 5) is 12.3. The number of nitrogens with zero attached hydrogens (tertiary/aromatic N) is 3. The minimum atomic E-state index is 0.503. The van der Waals surface area contributed by atoms with Crippen LogP contribution in [0.1, 0.15) is 0 Å². The van der Waals surface area contributed by atoms with Crippen LogP contribution in [0.4, 0.5) is 0 Å². The van der Waals surface area contributed by atoms with E-state index in [0.717, 1.165) is 5.56 Å². The van der Waals surface area contributed by atoms with Gasteiger partial charge in [0.1, 0.15) is 0 Å². The summed E-state index contributed by atoms with van der Waals surface area (Å²) in [5.41, 5.74) is 0.781. The number of hydrogen-bond acceptors (Lipinski definition) is 4. The Labute approximate surface area is 89.8 Å². The number of aromatic nitrogens is 3. The number of rotatable bonds is 2. The highest BCUT2D eigenvalue weighted by molar-refractivity contribution is 6.00. The normalized spacial score (nSPS) is 9.71. The van der Waals surface area contributed by atoms with Crippen molar-refractivity contribution in [3.63, 3.8) is 0 Å². The molecule has 0 fully saturated rings. The van der Waals surface area contributed by atoms with Crippen LogP contribution < -0.4 is 3.79 Å². The third kappa shape index (κ3) is 1.74. The summed E-state index contributed by atoms with van der Waals surface area (Å²) in [5.74, 6) is 1.11. The summed E-state index contributed by atoms with van der Waals surface area (Å²) in [6.07, 6.45) is 5.02. The van der Waals surface area contributed by atoms with Crippen molar-refractivity contribution in [3.8, 4) is 17.3 Å². The van der Waals surface area contributed by atoms with E-state index in [1.54, 1.807) is 24.7 Å². The molecule has 0 aliphatic rings. The van der Waals surface area contributed by atoms with Crippen molar-refractivity contribution < 1.29 is 3.79 Å². The lowest BCUT2D eigenvalue weighted by Crippen LogP contribution is -1.94.